The molecule has 0 saturated heterocycles. The van der Waals surface area contributed by atoms with Crippen LogP contribution in [0, 0.1) is 12.8 Å². The molecule has 0 radical (unpaired) electrons. The Labute approximate surface area is 95.4 Å². The van der Waals surface area contributed by atoms with Crippen LogP contribution in [-0.4, -0.2) is 21.7 Å². The fourth-order valence-corrected chi connectivity index (χ4v) is 2.04. The Balaban J connectivity index is 2.74. The summed E-state index contributed by atoms with van der Waals surface area (Å²) in [7, 11) is -3.75. The topological polar surface area (TPSA) is 43.4 Å². The maximum Gasteiger partial charge on any atom is 0.296 e. The van der Waals surface area contributed by atoms with E-state index < -0.39 is 22.7 Å². The van der Waals surface area contributed by atoms with Gasteiger partial charge in [0.05, 0.1) is 18.2 Å². The van der Waals surface area contributed by atoms with E-state index in [1.165, 1.54) is 12.1 Å². The van der Waals surface area contributed by atoms with Crippen molar-refractivity contribution in [2.24, 2.45) is 5.92 Å². The van der Waals surface area contributed by atoms with Gasteiger partial charge >= 0.3 is 0 Å². The molecule has 0 aliphatic rings. The summed E-state index contributed by atoms with van der Waals surface area (Å²) in [5.41, 5.74) is 0.969. The molecule has 1 unspecified atom stereocenters. The Kier molecular flexibility index (Phi) is 4.44. The molecule has 0 saturated carbocycles. The molecule has 0 heterocycles. The van der Waals surface area contributed by atoms with E-state index >= 15 is 0 Å². The molecule has 90 valence electrons. The van der Waals surface area contributed by atoms with Gasteiger partial charge in [-0.05, 0) is 19.1 Å². The average molecular weight is 246 g/mol. The zero-order valence-corrected chi connectivity index (χ0v) is 10.1. The van der Waals surface area contributed by atoms with Crippen LogP contribution in [0.3, 0.4) is 0 Å². The summed E-state index contributed by atoms with van der Waals surface area (Å²) in [5.74, 6) is -0.416. The molecular weight excluding hydrogens is 231 g/mol. The predicted molar refractivity (Wildman–Crippen MR) is 59.5 cm³/mol. The number of rotatable bonds is 5. The van der Waals surface area contributed by atoms with Gasteiger partial charge in [0.2, 0.25) is 0 Å². The minimum atomic E-state index is -3.75. The maximum atomic E-state index is 12.1. The second kappa shape index (κ2) is 5.41. The van der Waals surface area contributed by atoms with Gasteiger partial charge in [0.1, 0.15) is 0 Å². The highest BCUT2D eigenvalue weighted by atomic mass is 32.2. The molecule has 0 bridgehead atoms. The average Bonchev–Trinajstić information content (AvgIpc) is 2.26. The number of alkyl halides is 1. The van der Waals surface area contributed by atoms with Gasteiger partial charge < -0.3 is 0 Å². The van der Waals surface area contributed by atoms with Crippen LogP contribution in [-0.2, 0) is 14.3 Å². The quantitative estimate of drug-likeness (QED) is 0.749. The zero-order valence-electron chi connectivity index (χ0n) is 9.31. The van der Waals surface area contributed by atoms with Crippen molar-refractivity contribution in [1.82, 2.24) is 0 Å². The van der Waals surface area contributed by atoms with Crippen LogP contribution in [0.25, 0.3) is 0 Å². The monoisotopic (exact) mass is 246 g/mol. The first kappa shape index (κ1) is 13.1. The van der Waals surface area contributed by atoms with Crippen molar-refractivity contribution in [2.45, 2.75) is 18.7 Å². The molecule has 0 aromatic heterocycles. The lowest BCUT2D eigenvalue weighted by molar-refractivity contribution is 0.234. The highest BCUT2D eigenvalue weighted by molar-refractivity contribution is 7.86. The van der Waals surface area contributed by atoms with Gasteiger partial charge in [-0.1, -0.05) is 24.6 Å². The van der Waals surface area contributed by atoms with E-state index in [1.54, 1.807) is 19.1 Å². The van der Waals surface area contributed by atoms with E-state index in [9.17, 15) is 12.8 Å². The summed E-state index contributed by atoms with van der Waals surface area (Å²) >= 11 is 0. The van der Waals surface area contributed by atoms with E-state index in [0.717, 1.165) is 5.56 Å². The summed E-state index contributed by atoms with van der Waals surface area (Å²) < 4.78 is 40.1. The van der Waals surface area contributed by atoms with Gasteiger partial charge in [0, 0.05) is 5.92 Å². The normalized spacial score (nSPS) is 13.7. The van der Waals surface area contributed by atoms with Crippen molar-refractivity contribution in [1.29, 1.82) is 0 Å². The third-order valence-corrected chi connectivity index (χ3v) is 3.38. The predicted octanol–water partition coefficient (Wildman–Crippen LogP) is 2.31. The standard InChI is InChI=1S/C11H15FO3S/c1-9-3-5-11(6-4-9)16(13,14)15-8-10(2)7-12/h3-6,10H,7-8H2,1-2H3. The van der Waals surface area contributed by atoms with E-state index in [-0.39, 0.29) is 11.5 Å². The van der Waals surface area contributed by atoms with E-state index in [0.29, 0.717) is 0 Å². The second-order valence-electron chi connectivity index (χ2n) is 3.81. The Morgan fingerprint density at radius 3 is 2.38 bits per heavy atom. The summed E-state index contributed by atoms with van der Waals surface area (Å²) in [4.78, 5) is 0.101. The highest BCUT2D eigenvalue weighted by Crippen LogP contribution is 2.14. The first-order chi connectivity index (χ1) is 7.45. The summed E-state index contributed by atoms with van der Waals surface area (Å²) in [6, 6.07) is 6.33. The Bertz CT molecular complexity index is 425. The third kappa shape index (κ3) is 3.57. The molecule has 0 N–H and O–H groups in total. The molecule has 0 amide bonds. The zero-order chi connectivity index (χ0) is 12.2. The van der Waals surface area contributed by atoms with Gasteiger partial charge in [-0.15, -0.1) is 0 Å². The van der Waals surface area contributed by atoms with Crippen molar-refractivity contribution in [3.63, 3.8) is 0 Å². The van der Waals surface area contributed by atoms with Crippen LogP contribution in [0.1, 0.15) is 12.5 Å². The van der Waals surface area contributed by atoms with Crippen LogP contribution in [0.15, 0.2) is 29.2 Å². The van der Waals surface area contributed by atoms with Gasteiger partial charge in [-0.25, -0.2) is 0 Å². The molecule has 1 aromatic carbocycles. The number of hydrogen-bond acceptors (Lipinski definition) is 3. The van der Waals surface area contributed by atoms with Crippen LogP contribution in [0.4, 0.5) is 4.39 Å². The van der Waals surface area contributed by atoms with Gasteiger partial charge in [-0.3, -0.25) is 8.57 Å². The van der Waals surface area contributed by atoms with Crippen molar-refractivity contribution < 1.29 is 17.0 Å². The fraction of sp³-hybridized carbons (Fsp3) is 0.455. The first-order valence-corrected chi connectivity index (χ1v) is 6.38. The van der Waals surface area contributed by atoms with Crippen LogP contribution in [0.5, 0.6) is 0 Å². The number of halogens is 1. The van der Waals surface area contributed by atoms with Crippen LogP contribution < -0.4 is 0 Å². The van der Waals surface area contributed by atoms with Crippen molar-refractivity contribution in [3.8, 4) is 0 Å². The van der Waals surface area contributed by atoms with E-state index in [1.807, 2.05) is 6.92 Å². The Morgan fingerprint density at radius 1 is 1.31 bits per heavy atom. The van der Waals surface area contributed by atoms with E-state index in [2.05, 4.69) is 0 Å². The summed E-state index contributed by atoms with van der Waals surface area (Å²) in [6.45, 7) is 2.73. The van der Waals surface area contributed by atoms with Gasteiger partial charge in [0.15, 0.2) is 0 Å². The van der Waals surface area contributed by atoms with Gasteiger partial charge in [0.25, 0.3) is 10.1 Å². The smallest absolute Gasteiger partial charge is 0.266 e. The van der Waals surface area contributed by atoms with Crippen molar-refractivity contribution in [3.05, 3.63) is 29.8 Å². The largest absolute Gasteiger partial charge is 0.296 e. The molecule has 0 spiro atoms. The lowest BCUT2D eigenvalue weighted by Gasteiger charge is -2.08. The van der Waals surface area contributed by atoms with Crippen LogP contribution in [0.2, 0.25) is 0 Å². The maximum absolute atomic E-state index is 12.1. The van der Waals surface area contributed by atoms with Crippen molar-refractivity contribution in [2.75, 3.05) is 13.3 Å². The molecule has 1 atom stereocenters. The molecule has 1 rings (SSSR count). The number of aryl methyl sites for hydroxylation is 1. The number of benzene rings is 1. The Hall–Kier alpha value is -0.940. The first-order valence-electron chi connectivity index (χ1n) is 4.98. The molecular formula is C11H15FO3S. The lowest BCUT2D eigenvalue weighted by atomic mass is 10.2. The highest BCUT2D eigenvalue weighted by Gasteiger charge is 2.16. The fourth-order valence-electron chi connectivity index (χ4n) is 1.02. The summed E-state index contributed by atoms with van der Waals surface area (Å²) in [5, 5.41) is 0. The summed E-state index contributed by atoms with van der Waals surface area (Å²) in [6.07, 6.45) is 0. The molecule has 0 aliphatic carbocycles. The van der Waals surface area contributed by atoms with Crippen LogP contribution >= 0.6 is 0 Å². The van der Waals surface area contributed by atoms with Crippen molar-refractivity contribution >= 4 is 10.1 Å². The second-order valence-corrected chi connectivity index (χ2v) is 5.43. The Morgan fingerprint density at radius 2 is 1.88 bits per heavy atom. The number of hydrogen-bond donors (Lipinski definition) is 0. The molecule has 16 heavy (non-hydrogen) atoms. The SMILES string of the molecule is Cc1ccc(S(=O)(=O)OCC(C)CF)cc1. The van der Waals surface area contributed by atoms with E-state index in [4.69, 9.17) is 4.18 Å². The molecule has 0 aliphatic heterocycles. The lowest BCUT2D eigenvalue weighted by Crippen LogP contribution is -2.13. The third-order valence-electron chi connectivity index (χ3n) is 2.08. The minimum Gasteiger partial charge on any atom is -0.266 e. The molecule has 0 fully saturated rings. The molecule has 5 heteroatoms. The minimum absolute atomic E-state index is 0.101. The molecule has 3 nitrogen and oxygen atoms in total. The molecule has 1 aromatic rings. The van der Waals surface area contributed by atoms with Gasteiger partial charge in [-0.2, -0.15) is 8.42 Å².